The van der Waals surface area contributed by atoms with Crippen molar-refractivity contribution in [2.24, 2.45) is 0 Å². The van der Waals surface area contributed by atoms with E-state index in [1.807, 2.05) is 33.3 Å². The molecule has 0 aromatic rings. The molecule has 0 radical (unpaired) electrons. The molecule has 0 aliphatic carbocycles. The quantitative estimate of drug-likeness (QED) is 0.0205. The van der Waals surface area contributed by atoms with E-state index in [1.165, 1.54) is 218 Å². The monoisotopic (exact) mass is 1160 g/mol. The summed E-state index contributed by atoms with van der Waals surface area (Å²) in [6, 6.07) is -0.849. The van der Waals surface area contributed by atoms with E-state index in [-0.39, 0.29) is 25.1 Å². The van der Waals surface area contributed by atoms with Gasteiger partial charge >= 0.3 is 13.8 Å². The van der Waals surface area contributed by atoms with Crippen LogP contribution in [-0.2, 0) is 27.9 Å². The van der Waals surface area contributed by atoms with Gasteiger partial charge in [-0.2, -0.15) is 0 Å². The summed E-state index contributed by atoms with van der Waals surface area (Å²) in [5.74, 6) is -0.495. The van der Waals surface area contributed by atoms with E-state index >= 15 is 0 Å². The van der Waals surface area contributed by atoms with Crippen molar-refractivity contribution < 1.29 is 37.3 Å². The maximum Gasteiger partial charge on any atom is 0.472 e. The second kappa shape index (κ2) is 60.8. The lowest BCUT2D eigenvalue weighted by atomic mass is 10.0. The molecule has 474 valence electrons. The van der Waals surface area contributed by atoms with Gasteiger partial charge in [0.15, 0.2) is 0 Å². The van der Waals surface area contributed by atoms with Crippen molar-refractivity contribution in [2.75, 3.05) is 40.9 Å². The molecule has 0 saturated carbocycles. The van der Waals surface area contributed by atoms with Crippen molar-refractivity contribution >= 4 is 19.7 Å². The second-order valence-corrected chi connectivity index (χ2v) is 26.2. The van der Waals surface area contributed by atoms with E-state index in [4.69, 9.17) is 13.8 Å². The summed E-state index contributed by atoms with van der Waals surface area (Å²) in [4.78, 5) is 37.8. The van der Waals surface area contributed by atoms with Crippen molar-refractivity contribution in [1.29, 1.82) is 0 Å². The Morgan fingerprint density at radius 1 is 0.432 bits per heavy atom. The van der Waals surface area contributed by atoms with Gasteiger partial charge in [0, 0.05) is 12.8 Å². The molecular formula is C71H134N2O7P+. The molecule has 0 heterocycles. The molecular weight excluding hydrogens is 1020 g/mol. The third-order valence-corrected chi connectivity index (χ3v) is 16.4. The average molecular weight is 1160 g/mol. The third kappa shape index (κ3) is 62.1. The largest absolute Gasteiger partial charge is 0.472 e. The van der Waals surface area contributed by atoms with Crippen LogP contribution >= 0.6 is 7.82 Å². The number of esters is 1. The molecule has 0 fully saturated rings. The Bertz CT molecular complexity index is 1570. The number of amides is 1. The number of unbranched alkanes of at least 4 members (excludes halogenated alkanes) is 39. The number of quaternary nitrogens is 1. The van der Waals surface area contributed by atoms with E-state index in [9.17, 15) is 19.0 Å². The number of phosphoric ester groups is 1. The molecule has 3 unspecified atom stereocenters. The minimum atomic E-state index is -4.45. The summed E-state index contributed by atoms with van der Waals surface area (Å²) >= 11 is 0. The number of ether oxygens (including phenoxy) is 1. The summed E-state index contributed by atoms with van der Waals surface area (Å²) in [6.07, 6.45) is 77.9. The Labute approximate surface area is 502 Å². The first-order valence-corrected chi connectivity index (χ1v) is 36.1. The molecule has 0 bridgehead atoms. The second-order valence-electron chi connectivity index (χ2n) is 24.7. The normalized spacial score (nSPS) is 13.9. The van der Waals surface area contributed by atoms with Gasteiger partial charge in [0.2, 0.25) is 5.91 Å². The van der Waals surface area contributed by atoms with Crippen molar-refractivity contribution in [2.45, 2.75) is 341 Å². The molecule has 0 saturated heterocycles. The van der Waals surface area contributed by atoms with Crippen molar-refractivity contribution in [3.05, 3.63) is 60.8 Å². The van der Waals surface area contributed by atoms with Crippen LogP contribution in [0.15, 0.2) is 60.8 Å². The minimum absolute atomic E-state index is 0.0403. The van der Waals surface area contributed by atoms with Gasteiger partial charge in [-0.05, 0) is 76.7 Å². The molecule has 0 aliphatic rings. The van der Waals surface area contributed by atoms with Crippen molar-refractivity contribution in [1.82, 2.24) is 5.32 Å². The molecule has 0 spiro atoms. The summed E-state index contributed by atoms with van der Waals surface area (Å²) in [7, 11) is 1.50. The molecule has 9 nitrogen and oxygen atoms in total. The van der Waals surface area contributed by atoms with Gasteiger partial charge < -0.3 is 19.4 Å². The van der Waals surface area contributed by atoms with Crippen LogP contribution in [0.25, 0.3) is 0 Å². The van der Waals surface area contributed by atoms with E-state index in [1.54, 1.807) is 0 Å². The van der Waals surface area contributed by atoms with Crippen LogP contribution in [0.3, 0.4) is 0 Å². The third-order valence-electron chi connectivity index (χ3n) is 15.5. The number of phosphoric acid groups is 1. The van der Waals surface area contributed by atoms with Crippen LogP contribution < -0.4 is 5.32 Å². The average Bonchev–Trinajstić information content (AvgIpc) is 3.44. The lowest BCUT2D eigenvalue weighted by molar-refractivity contribution is -0.870. The first kappa shape index (κ1) is 78.7. The first-order valence-electron chi connectivity index (χ1n) is 34.6. The predicted molar refractivity (Wildman–Crippen MR) is 351 cm³/mol. The highest BCUT2D eigenvalue weighted by molar-refractivity contribution is 7.47. The summed E-state index contributed by atoms with van der Waals surface area (Å²) < 4.78 is 30.8. The topological polar surface area (TPSA) is 111 Å². The van der Waals surface area contributed by atoms with E-state index in [2.05, 4.69) is 74.7 Å². The van der Waals surface area contributed by atoms with Crippen LogP contribution in [0.4, 0.5) is 0 Å². The van der Waals surface area contributed by atoms with E-state index in [0.29, 0.717) is 23.9 Å². The molecule has 0 aromatic carbocycles. The lowest BCUT2D eigenvalue weighted by Gasteiger charge is -2.27. The highest BCUT2D eigenvalue weighted by atomic mass is 31.2. The number of likely N-dealkylation sites (N-methyl/N-ethyl adjacent to an activating group) is 1. The number of carbonyl (C=O) groups excluding carboxylic acids is 2. The number of nitrogens with zero attached hydrogens (tertiary/aromatic N) is 1. The molecule has 0 aliphatic heterocycles. The smallest absolute Gasteiger partial charge is 0.456 e. The van der Waals surface area contributed by atoms with E-state index < -0.39 is 20.0 Å². The Morgan fingerprint density at radius 3 is 1.15 bits per heavy atom. The van der Waals surface area contributed by atoms with Crippen LogP contribution in [-0.4, -0.2) is 74.3 Å². The molecule has 3 atom stereocenters. The van der Waals surface area contributed by atoms with Gasteiger partial charge in [-0.1, -0.05) is 300 Å². The van der Waals surface area contributed by atoms with Gasteiger partial charge in [0.25, 0.3) is 0 Å². The van der Waals surface area contributed by atoms with Crippen LogP contribution in [0, 0.1) is 0 Å². The standard InChI is InChI=1S/C71H133N2O7P/c1-7-10-13-16-19-22-25-28-30-31-32-33-34-35-36-37-38-39-40-41-43-45-48-51-54-57-60-63-70(74)72-68(67-79-81(76,77)78-66-65-73(4,5)6)69(62-59-56-53-50-47-44-27-24-21-18-15-12-9-3)80-71(75)64-61-58-55-52-49-46-42-29-26-23-20-17-14-11-8-2/h19,22,28,30,32-33,35-36,59,62,68-69H,7-18,20-21,23-27,29,31,34,37-58,60-61,63-67H2,1-6H3,(H-,72,74,76,77)/p+1/b22-19-,30-28-,33-32-,36-35-,62-59-. The minimum Gasteiger partial charge on any atom is -0.456 e. The fourth-order valence-corrected chi connectivity index (χ4v) is 10.8. The van der Waals surface area contributed by atoms with Gasteiger partial charge in [0.1, 0.15) is 19.3 Å². The van der Waals surface area contributed by atoms with Crippen LogP contribution in [0.1, 0.15) is 329 Å². The summed E-state index contributed by atoms with van der Waals surface area (Å²) in [6.45, 7) is 7.02. The number of hydrogen-bond acceptors (Lipinski definition) is 6. The highest BCUT2D eigenvalue weighted by Crippen LogP contribution is 2.43. The number of carbonyl (C=O) groups is 2. The molecule has 0 rings (SSSR count). The molecule has 1 amide bonds. The molecule has 2 N–H and O–H groups in total. The van der Waals surface area contributed by atoms with Crippen LogP contribution in [0.5, 0.6) is 0 Å². The molecule has 0 aromatic heterocycles. The van der Waals surface area contributed by atoms with Gasteiger partial charge in [-0.15, -0.1) is 0 Å². The fraction of sp³-hybridized carbons (Fsp3) is 0.831. The van der Waals surface area contributed by atoms with Gasteiger partial charge in [0.05, 0.1) is 33.8 Å². The van der Waals surface area contributed by atoms with Crippen molar-refractivity contribution in [3.8, 4) is 0 Å². The zero-order chi connectivity index (χ0) is 59.3. The number of nitrogens with one attached hydrogen (secondary N) is 1. The van der Waals surface area contributed by atoms with Crippen LogP contribution in [0.2, 0.25) is 0 Å². The Morgan fingerprint density at radius 2 is 0.753 bits per heavy atom. The maximum atomic E-state index is 13.6. The first-order chi connectivity index (χ1) is 39.4. The maximum absolute atomic E-state index is 13.6. The van der Waals surface area contributed by atoms with Crippen molar-refractivity contribution in [3.63, 3.8) is 0 Å². The predicted octanol–water partition coefficient (Wildman–Crippen LogP) is 21.8. The fourth-order valence-electron chi connectivity index (χ4n) is 10.1. The molecule has 81 heavy (non-hydrogen) atoms. The Hall–Kier alpha value is -2.29. The zero-order valence-electron chi connectivity index (χ0n) is 54.3. The molecule has 10 heteroatoms. The number of rotatable bonds is 63. The number of allylic oxidation sites excluding steroid dienone is 9. The Kier molecular flexibility index (Phi) is 59.1. The SMILES string of the molecule is CCCCC/C=C\C/C=C\C/C=C\C/C=C\CCCCCCCCCCCCCC(=O)NC(COP(=O)(O)OCC[N+](C)(C)C)C(/C=C\CCCCCCCCCCCCC)OC(=O)CCCCCCCCCCCCCCCCC. The van der Waals surface area contributed by atoms with Gasteiger partial charge in [-0.3, -0.25) is 18.6 Å². The summed E-state index contributed by atoms with van der Waals surface area (Å²) in [5, 5.41) is 3.07. The highest BCUT2D eigenvalue weighted by Gasteiger charge is 2.30. The van der Waals surface area contributed by atoms with E-state index in [0.717, 1.165) is 77.0 Å². The Balaban J connectivity index is 5.07. The summed E-state index contributed by atoms with van der Waals surface area (Å²) in [5.41, 5.74) is 0. The zero-order valence-corrected chi connectivity index (χ0v) is 55.2. The number of hydrogen-bond donors (Lipinski definition) is 2. The lowest BCUT2D eigenvalue weighted by Crippen LogP contribution is -2.47. The van der Waals surface area contributed by atoms with Gasteiger partial charge in [-0.25, -0.2) is 4.57 Å².